The molecule has 1 unspecified atom stereocenters. The highest BCUT2D eigenvalue weighted by Gasteiger charge is 2.43. The number of rotatable bonds is 6. The Labute approximate surface area is 252 Å². The number of aryl methyl sites for hydroxylation is 2. The van der Waals surface area contributed by atoms with E-state index in [1.807, 2.05) is 53.4 Å². The zero-order valence-corrected chi connectivity index (χ0v) is 24.1. The van der Waals surface area contributed by atoms with Crippen LogP contribution >= 0.6 is 0 Å². The molecule has 4 aromatic rings. The van der Waals surface area contributed by atoms with Gasteiger partial charge >= 0.3 is 6.36 Å². The van der Waals surface area contributed by atoms with Crippen LogP contribution in [-0.4, -0.2) is 51.2 Å². The first-order chi connectivity index (χ1) is 21.0. The normalized spacial score (nSPS) is 20.4. The van der Waals surface area contributed by atoms with E-state index in [2.05, 4.69) is 9.46 Å². The largest absolute Gasteiger partial charge is 0.573 e. The van der Waals surface area contributed by atoms with Crippen LogP contribution in [0, 0.1) is 5.82 Å². The van der Waals surface area contributed by atoms with Crippen molar-refractivity contribution in [3.05, 3.63) is 114 Å². The molecule has 2 aliphatic rings. The van der Waals surface area contributed by atoms with Gasteiger partial charge in [0.25, 0.3) is 0 Å². The maximum atomic E-state index is 15.1. The van der Waals surface area contributed by atoms with Gasteiger partial charge in [0.05, 0.1) is 28.8 Å². The van der Waals surface area contributed by atoms with Crippen LogP contribution in [0.3, 0.4) is 0 Å². The van der Waals surface area contributed by atoms with Crippen LogP contribution in [0.2, 0.25) is 0 Å². The van der Waals surface area contributed by atoms with Gasteiger partial charge in [-0.25, -0.2) is 17.5 Å². The summed E-state index contributed by atoms with van der Waals surface area (Å²) in [6, 6.07) is 23.7. The highest BCUT2D eigenvalue weighted by Crippen LogP contribution is 2.40. The minimum Gasteiger partial charge on any atom is -0.406 e. The maximum absolute atomic E-state index is 15.1. The van der Waals surface area contributed by atoms with Crippen molar-refractivity contribution in [1.29, 1.82) is 0 Å². The lowest BCUT2D eigenvalue weighted by Crippen LogP contribution is -2.65. The summed E-state index contributed by atoms with van der Waals surface area (Å²) in [7, 11) is -4.34. The number of nitrogens with one attached hydrogen (secondary N) is 1. The van der Waals surface area contributed by atoms with Crippen molar-refractivity contribution in [2.75, 3.05) is 22.9 Å². The molecule has 1 saturated heterocycles. The van der Waals surface area contributed by atoms with Crippen LogP contribution in [0.1, 0.15) is 11.1 Å². The number of aliphatic hydroxyl groups is 1. The smallest absolute Gasteiger partial charge is 0.406 e. The average molecular weight is 628 g/mol. The number of aliphatic hydroxyl groups excluding tert-OH is 1. The van der Waals surface area contributed by atoms with Gasteiger partial charge in [-0.05, 0) is 72.5 Å². The summed E-state index contributed by atoms with van der Waals surface area (Å²) in [6.07, 6.45) is -4.68. The molecule has 230 valence electrons. The van der Waals surface area contributed by atoms with Crippen molar-refractivity contribution in [3.8, 4) is 5.75 Å². The van der Waals surface area contributed by atoms with Gasteiger partial charge < -0.3 is 19.6 Å². The second-order valence-corrected chi connectivity index (χ2v) is 12.5. The summed E-state index contributed by atoms with van der Waals surface area (Å²) in [5, 5.41) is 11.9. The summed E-state index contributed by atoms with van der Waals surface area (Å²) in [5.74, 6) is -1.07. The molecule has 7 nitrogen and oxygen atoms in total. The number of benzene rings is 4. The molecule has 0 amide bonds. The summed E-state index contributed by atoms with van der Waals surface area (Å²) in [4.78, 5) is 3.40. The van der Waals surface area contributed by atoms with Crippen LogP contribution < -0.4 is 19.3 Å². The Kier molecular flexibility index (Phi) is 7.99. The summed E-state index contributed by atoms with van der Waals surface area (Å²) >= 11 is 0. The first-order valence-electron chi connectivity index (χ1n) is 14.0. The molecule has 0 spiro atoms. The van der Waals surface area contributed by atoms with Crippen LogP contribution in [0.4, 0.5) is 34.6 Å². The Morgan fingerprint density at radius 2 is 1.32 bits per heavy atom. The van der Waals surface area contributed by atoms with Gasteiger partial charge in [-0.1, -0.05) is 48.5 Å². The van der Waals surface area contributed by atoms with E-state index < -0.39 is 46.1 Å². The Balaban J connectivity index is 1.39. The Morgan fingerprint density at radius 3 is 1.89 bits per heavy atom. The molecule has 0 aliphatic carbocycles. The van der Waals surface area contributed by atoms with Gasteiger partial charge in [-0.2, -0.15) is 0 Å². The average Bonchev–Trinajstić information content (AvgIpc) is 3.15. The molecule has 0 radical (unpaired) electrons. The van der Waals surface area contributed by atoms with Gasteiger partial charge in [0.2, 0.25) is 10.0 Å². The van der Waals surface area contributed by atoms with Crippen molar-refractivity contribution >= 4 is 27.1 Å². The molecule has 6 rings (SSSR count). The number of sulfonamides is 1. The van der Waals surface area contributed by atoms with Gasteiger partial charge in [-0.15, -0.1) is 13.2 Å². The van der Waals surface area contributed by atoms with E-state index in [9.17, 15) is 26.7 Å². The lowest BCUT2D eigenvalue weighted by molar-refractivity contribution is -0.274. The van der Waals surface area contributed by atoms with Crippen molar-refractivity contribution in [3.63, 3.8) is 0 Å². The SMILES string of the molecule is O=S(=O)(N[C@@H]1CN(c2ccccc2F)CC(N2c3ccccc3CCc3ccccc32)[C@H]1O)c1ccc(OC(F)(F)F)cc1. The lowest BCUT2D eigenvalue weighted by Gasteiger charge is -2.48. The second-order valence-electron chi connectivity index (χ2n) is 10.8. The number of anilines is 3. The van der Waals surface area contributed by atoms with Gasteiger partial charge in [0.1, 0.15) is 11.6 Å². The molecule has 3 atom stereocenters. The molecular weight excluding hydrogens is 598 g/mol. The molecule has 2 heterocycles. The number of piperidine rings is 1. The summed E-state index contributed by atoms with van der Waals surface area (Å²) < 4.78 is 86.4. The van der Waals surface area contributed by atoms with Gasteiger partial charge in [0.15, 0.2) is 0 Å². The molecule has 1 fully saturated rings. The zero-order valence-electron chi connectivity index (χ0n) is 23.3. The predicted molar refractivity (Wildman–Crippen MR) is 158 cm³/mol. The highest BCUT2D eigenvalue weighted by atomic mass is 32.2. The number of hydrogen-bond acceptors (Lipinski definition) is 6. The van der Waals surface area contributed by atoms with Crippen molar-refractivity contribution < 1.29 is 35.8 Å². The van der Waals surface area contributed by atoms with E-state index in [0.29, 0.717) is 0 Å². The topological polar surface area (TPSA) is 82.1 Å². The molecule has 0 saturated carbocycles. The Hall–Kier alpha value is -4.13. The third kappa shape index (κ3) is 6.10. The summed E-state index contributed by atoms with van der Waals surface area (Å²) in [5.41, 5.74) is 4.07. The highest BCUT2D eigenvalue weighted by molar-refractivity contribution is 7.89. The number of para-hydroxylation sites is 3. The first-order valence-corrected chi connectivity index (χ1v) is 15.5. The van der Waals surface area contributed by atoms with Gasteiger partial charge in [0, 0.05) is 24.5 Å². The number of ether oxygens (including phenoxy) is 1. The van der Waals surface area contributed by atoms with E-state index in [0.717, 1.165) is 59.6 Å². The van der Waals surface area contributed by atoms with E-state index >= 15 is 4.39 Å². The van der Waals surface area contributed by atoms with E-state index in [4.69, 9.17) is 0 Å². The fraction of sp³-hybridized carbons (Fsp3) is 0.250. The molecule has 12 heteroatoms. The molecule has 44 heavy (non-hydrogen) atoms. The molecule has 2 aliphatic heterocycles. The summed E-state index contributed by atoms with van der Waals surface area (Å²) in [6.45, 7) is 0.108. The minimum absolute atomic E-state index is 0.0652. The van der Waals surface area contributed by atoms with Crippen molar-refractivity contribution in [2.45, 2.75) is 42.3 Å². The van der Waals surface area contributed by atoms with Crippen LogP contribution in [0.25, 0.3) is 0 Å². The lowest BCUT2D eigenvalue weighted by atomic mass is 9.94. The third-order valence-corrected chi connectivity index (χ3v) is 9.50. The van der Waals surface area contributed by atoms with E-state index in [1.54, 1.807) is 23.1 Å². The number of halogens is 4. The number of fused-ring (bicyclic) bond motifs is 2. The maximum Gasteiger partial charge on any atom is 0.573 e. The van der Waals surface area contributed by atoms with Crippen molar-refractivity contribution in [2.24, 2.45) is 0 Å². The first kappa shape index (κ1) is 29.9. The van der Waals surface area contributed by atoms with Crippen LogP contribution in [0.5, 0.6) is 5.75 Å². The standard InChI is InChI=1S/C32H29F4N3O4S/c33-25-9-3-6-12-29(25)38-19-26(37-44(41,42)24-17-15-23(16-18-24)43-32(34,35)36)31(40)30(20-38)39-27-10-4-1-7-21(27)13-14-22-8-2-5-11-28(22)39/h1-12,15-18,26,30-31,37,40H,13-14,19-20H2/t26-,30?,31+/m1/s1. The zero-order chi connectivity index (χ0) is 31.1. The Bertz CT molecular complexity index is 1700. The fourth-order valence-corrected chi connectivity index (χ4v) is 7.27. The van der Waals surface area contributed by atoms with Gasteiger partial charge in [-0.3, -0.25) is 0 Å². The number of alkyl halides is 3. The van der Waals surface area contributed by atoms with E-state index in [1.165, 1.54) is 6.07 Å². The molecule has 2 N–H and O–H groups in total. The molecular formula is C32H29F4N3O4S. The molecule has 0 bridgehead atoms. The third-order valence-electron chi connectivity index (χ3n) is 8.00. The van der Waals surface area contributed by atoms with Crippen LogP contribution in [-0.2, 0) is 22.9 Å². The molecule has 4 aromatic carbocycles. The number of nitrogens with zero attached hydrogens (tertiary/aromatic N) is 2. The fourth-order valence-electron chi connectivity index (χ4n) is 6.03. The van der Waals surface area contributed by atoms with Crippen molar-refractivity contribution in [1.82, 2.24) is 4.72 Å². The number of hydrogen-bond donors (Lipinski definition) is 2. The molecule has 0 aromatic heterocycles. The minimum atomic E-state index is -4.93. The monoisotopic (exact) mass is 627 g/mol. The predicted octanol–water partition coefficient (Wildman–Crippen LogP) is 5.56. The Morgan fingerprint density at radius 1 is 0.773 bits per heavy atom. The second kappa shape index (κ2) is 11.8. The van der Waals surface area contributed by atoms with E-state index in [-0.39, 0.29) is 23.7 Å². The van der Waals surface area contributed by atoms with Crippen LogP contribution in [0.15, 0.2) is 102 Å². The quantitative estimate of drug-likeness (QED) is 0.273.